The Morgan fingerprint density at radius 2 is 2.05 bits per heavy atom. The average Bonchev–Trinajstić information content (AvgIpc) is 2.76. The molecule has 5 heteroatoms. The third-order valence-corrected chi connectivity index (χ3v) is 4.97. The highest BCUT2D eigenvalue weighted by Gasteiger charge is 2.56. The van der Waals surface area contributed by atoms with E-state index in [2.05, 4.69) is 5.16 Å². The SMILES string of the molecule is Nc1noc(C2C3CCCC32)c1-c1ccc(F)cc1Cl. The van der Waals surface area contributed by atoms with Crippen LogP contribution in [-0.4, -0.2) is 5.16 Å². The largest absolute Gasteiger partial charge is 0.380 e. The summed E-state index contributed by atoms with van der Waals surface area (Å²) in [6, 6.07) is 4.31. The fourth-order valence-corrected chi connectivity index (χ4v) is 3.98. The molecule has 0 aliphatic heterocycles. The van der Waals surface area contributed by atoms with Gasteiger partial charge in [0.1, 0.15) is 11.6 Å². The Bertz CT molecular complexity index is 675. The summed E-state index contributed by atoms with van der Waals surface area (Å²) in [6.07, 6.45) is 3.78. The molecule has 2 saturated carbocycles. The van der Waals surface area contributed by atoms with Gasteiger partial charge in [-0.15, -0.1) is 0 Å². The van der Waals surface area contributed by atoms with E-state index in [0.717, 1.165) is 11.3 Å². The minimum Gasteiger partial charge on any atom is -0.380 e. The Morgan fingerprint density at radius 1 is 1.30 bits per heavy atom. The van der Waals surface area contributed by atoms with Gasteiger partial charge in [-0.05, 0) is 42.9 Å². The van der Waals surface area contributed by atoms with Gasteiger partial charge in [-0.3, -0.25) is 0 Å². The van der Waals surface area contributed by atoms with Crippen LogP contribution in [0.3, 0.4) is 0 Å². The van der Waals surface area contributed by atoms with Gasteiger partial charge in [0.2, 0.25) is 0 Å². The number of hydrogen-bond donors (Lipinski definition) is 1. The number of nitrogens with two attached hydrogens (primary N) is 1. The summed E-state index contributed by atoms with van der Waals surface area (Å²) >= 11 is 6.15. The summed E-state index contributed by atoms with van der Waals surface area (Å²) < 4.78 is 18.7. The minimum absolute atomic E-state index is 0.332. The van der Waals surface area contributed by atoms with Crippen molar-refractivity contribution in [3.8, 4) is 11.1 Å². The molecule has 0 bridgehead atoms. The maximum absolute atomic E-state index is 13.2. The Morgan fingerprint density at radius 3 is 2.75 bits per heavy atom. The number of fused-ring (bicyclic) bond motifs is 1. The molecule has 4 rings (SSSR count). The van der Waals surface area contributed by atoms with Crippen molar-refractivity contribution in [3.63, 3.8) is 0 Å². The quantitative estimate of drug-likeness (QED) is 0.901. The molecule has 0 radical (unpaired) electrons. The zero-order valence-corrected chi connectivity index (χ0v) is 11.5. The number of halogens is 2. The van der Waals surface area contributed by atoms with Crippen LogP contribution in [0, 0.1) is 17.7 Å². The summed E-state index contributed by atoms with van der Waals surface area (Å²) in [7, 11) is 0. The topological polar surface area (TPSA) is 52.0 Å². The van der Waals surface area contributed by atoms with Crippen molar-refractivity contribution >= 4 is 17.4 Å². The predicted molar refractivity (Wildman–Crippen MR) is 74.9 cm³/mol. The first-order chi connectivity index (χ1) is 9.66. The molecule has 1 aromatic heterocycles. The maximum Gasteiger partial charge on any atom is 0.175 e. The third-order valence-electron chi connectivity index (χ3n) is 4.65. The Balaban J connectivity index is 1.80. The van der Waals surface area contributed by atoms with E-state index in [0.29, 0.717) is 34.2 Å². The Hall–Kier alpha value is -1.55. The van der Waals surface area contributed by atoms with Gasteiger partial charge in [0.05, 0.1) is 10.6 Å². The highest BCUT2D eigenvalue weighted by Crippen LogP contribution is 2.64. The van der Waals surface area contributed by atoms with Gasteiger partial charge in [0.25, 0.3) is 0 Å². The molecule has 2 aromatic rings. The molecule has 1 aromatic carbocycles. The van der Waals surface area contributed by atoms with Crippen LogP contribution in [0.15, 0.2) is 22.7 Å². The van der Waals surface area contributed by atoms with Gasteiger partial charge in [-0.1, -0.05) is 23.2 Å². The second-order valence-electron chi connectivity index (χ2n) is 5.72. The molecule has 2 unspecified atom stereocenters. The van der Waals surface area contributed by atoms with Gasteiger partial charge < -0.3 is 10.3 Å². The molecule has 2 N–H and O–H groups in total. The fraction of sp³-hybridized carbons (Fsp3) is 0.400. The lowest BCUT2D eigenvalue weighted by molar-refractivity contribution is 0.376. The van der Waals surface area contributed by atoms with Crippen LogP contribution in [0.1, 0.15) is 30.9 Å². The first-order valence-corrected chi connectivity index (χ1v) is 7.25. The third kappa shape index (κ3) is 1.67. The molecule has 20 heavy (non-hydrogen) atoms. The van der Waals surface area contributed by atoms with Crippen molar-refractivity contribution in [1.82, 2.24) is 5.16 Å². The van der Waals surface area contributed by atoms with E-state index in [9.17, 15) is 4.39 Å². The van der Waals surface area contributed by atoms with Crippen LogP contribution < -0.4 is 5.73 Å². The highest BCUT2D eigenvalue weighted by atomic mass is 35.5. The second-order valence-corrected chi connectivity index (χ2v) is 6.12. The van der Waals surface area contributed by atoms with Gasteiger partial charge in [0, 0.05) is 11.5 Å². The van der Waals surface area contributed by atoms with Crippen molar-refractivity contribution in [2.75, 3.05) is 5.73 Å². The fourth-order valence-electron chi connectivity index (χ4n) is 3.72. The second kappa shape index (κ2) is 4.22. The molecule has 2 aliphatic carbocycles. The van der Waals surface area contributed by atoms with Crippen molar-refractivity contribution in [2.45, 2.75) is 25.2 Å². The molecule has 2 fully saturated rings. The van der Waals surface area contributed by atoms with E-state index < -0.39 is 0 Å². The summed E-state index contributed by atoms with van der Waals surface area (Å²) in [5.41, 5.74) is 7.38. The number of aromatic nitrogens is 1. The number of nitrogens with zero attached hydrogens (tertiary/aromatic N) is 1. The minimum atomic E-state index is -0.362. The van der Waals surface area contributed by atoms with Crippen LogP contribution in [0.2, 0.25) is 5.02 Å². The lowest BCUT2D eigenvalue weighted by atomic mass is 10.00. The normalized spacial score (nSPS) is 27.6. The van der Waals surface area contributed by atoms with E-state index in [-0.39, 0.29) is 5.82 Å². The number of hydrogen-bond acceptors (Lipinski definition) is 3. The van der Waals surface area contributed by atoms with Gasteiger partial charge >= 0.3 is 0 Å². The predicted octanol–water partition coefficient (Wildman–Crippen LogP) is 4.23. The van der Waals surface area contributed by atoms with Gasteiger partial charge in [0.15, 0.2) is 5.82 Å². The highest BCUT2D eigenvalue weighted by molar-refractivity contribution is 6.33. The van der Waals surface area contributed by atoms with E-state index in [1.165, 1.54) is 31.4 Å². The molecule has 2 atom stereocenters. The van der Waals surface area contributed by atoms with Crippen molar-refractivity contribution < 1.29 is 8.91 Å². The molecular weight excluding hydrogens is 279 g/mol. The zero-order valence-electron chi connectivity index (χ0n) is 10.8. The summed E-state index contributed by atoms with van der Waals surface area (Å²) in [5, 5.41) is 4.24. The number of anilines is 1. The summed E-state index contributed by atoms with van der Waals surface area (Å²) in [4.78, 5) is 0. The Kier molecular flexibility index (Phi) is 2.58. The first-order valence-electron chi connectivity index (χ1n) is 6.87. The van der Waals surface area contributed by atoms with E-state index in [4.69, 9.17) is 21.9 Å². The first kappa shape index (κ1) is 12.2. The molecule has 0 spiro atoms. The van der Waals surface area contributed by atoms with Crippen LogP contribution in [0.4, 0.5) is 10.2 Å². The average molecular weight is 293 g/mol. The molecule has 2 aliphatic rings. The molecule has 3 nitrogen and oxygen atoms in total. The van der Waals surface area contributed by atoms with Crippen LogP contribution in [-0.2, 0) is 0 Å². The summed E-state index contributed by atoms with van der Waals surface area (Å²) in [5.74, 6) is 2.59. The lowest BCUT2D eigenvalue weighted by Crippen LogP contribution is -1.93. The Labute approximate surface area is 120 Å². The zero-order chi connectivity index (χ0) is 13.9. The van der Waals surface area contributed by atoms with E-state index in [1.54, 1.807) is 6.07 Å². The van der Waals surface area contributed by atoms with Crippen molar-refractivity contribution in [1.29, 1.82) is 0 Å². The van der Waals surface area contributed by atoms with Crippen molar-refractivity contribution in [2.24, 2.45) is 11.8 Å². The number of rotatable bonds is 2. The van der Waals surface area contributed by atoms with Crippen molar-refractivity contribution in [3.05, 3.63) is 34.8 Å². The van der Waals surface area contributed by atoms with E-state index >= 15 is 0 Å². The van der Waals surface area contributed by atoms with Gasteiger partial charge in [-0.25, -0.2) is 4.39 Å². The maximum atomic E-state index is 13.2. The lowest BCUT2D eigenvalue weighted by Gasteiger charge is -2.06. The molecule has 104 valence electrons. The summed E-state index contributed by atoms with van der Waals surface area (Å²) in [6.45, 7) is 0. The standard InChI is InChI=1S/C15H14ClFN2O/c16-11-6-7(17)4-5-10(11)13-14(20-19-15(13)18)12-8-2-1-3-9(8)12/h4-6,8-9,12H,1-3H2,(H2,18,19). The van der Waals surface area contributed by atoms with Crippen LogP contribution in [0.25, 0.3) is 11.1 Å². The monoisotopic (exact) mass is 292 g/mol. The molecule has 1 heterocycles. The smallest absolute Gasteiger partial charge is 0.175 e. The van der Waals surface area contributed by atoms with Crippen LogP contribution >= 0.6 is 11.6 Å². The number of nitrogen functional groups attached to an aromatic ring is 1. The van der Waals surface area contributed by atoms with Gasteiger partial charge in [-0.2, -0.15) is 0 Å². The van der Waals surface area contributed by atoms with E-state index in [1.807, 2.05) is 0 Å². The molecular formula is C15H14ClFN2O. The van der Waals surface area contributed by atoms with Crippen LogP contribution in [0.5, 0.6) is 0 Å². The molecule has 0 amide bonds. The molecule has 0 saturated heterocycles. The number of benzene rings is 1.